The molecule has 0 aromatic heterocycles. The second-order valence-corrected chi connectivity index (χ2v) is 3.66. The lowest BCUT2D eigenvalue weighted by atomic mass is 10.3. The molecule has 6 nitrogen and oxygen atoms in total. The van der Waals surface area contributed by atoms with Crippen LogP contribution in [0.3, 0.4) is 0 Å². The zero-order valence-corrected chi connectivity index (χ0v) is 10.0. The van der Waals surface area contributed by atoms with E-state index >= 15 is 0 Å². The highest BCUT2D eigenvalue weighted by molar-refractivity contribution is 4.89. The zero-order valence-electron chi connectivity index (χ0n) is 10.0. The van der Waals surface area contributed by atoms with Gasteiger partial charge in [0, 0.05) is 25.5 Å². The summed E-state index contributed by atoms with van der Waals surface area (Å²) in [4.78, 5) is 13.1. The van der Waals surface area contributed by atoms with Crippen molar-refractivity contribution in [3.63, 3.8) is 0 Å². The molecule has 6 heteroatoms. The summed E-state index contributed by atoms with van der Waals surface area (Å²) in [5, 5.41) is 13.6. The molecule has 0 unspecified atom stereocenters. The minimum Gasteiger partial charge on any atom is -0.359 e. The van der Waals surface area contributed by atoms with Gasteiger partial charge < -0.3 is 15.0 Å². The first-order valence-electron chi connectivity index (χ1n) is 5.59. The fourth-order valence-electron chi connectivity index (χ4n) is 1.46. The van der Waals surface area contributed by atoms with Crippen molar-refractivity contribution in [1.29, 1.82) is 0 Å². The van der Waals surface area contributed by atoms with Gasteiger partial charge in [0.25, 0.3) is 5.09 Å². The third-order valence-electron chi connectivity index (χ3n) is 2.16. The molecule has 1 rings (SSSR count). The van der Waals surface area contributed by atoms with Crippen LogP contribution in [0.1, 0.15) is 33.1 Å². The summed E-state index contributed by atoms with van der Waals surface area (Å²) < 4.78 is 0. The fraction of sp³-hybridized carbons (Fsp3) is 0.800. The van der Waals surface area contributed by atoms with Crippen molar-refractivity contribution in [2.45, 2.75) is 33.1 Å². The molecule has 0 spiro atoms. The van der Waals surface area contributed by atoms with E-state index in [0.717, 1.165) is 6.67 Å². The Morgan fingerprint density at radius 3 is 2.19 bits per heavy atom. The smallest absolute Gasteiger partial charge is 0.291 e. The number of nitrogens with zero attached hydrogens (tertiary/aromatic N) is 3. The maximum absolute atomic E-state index is 8.36. The second-order valence-electron chi connectivity index (χ2n) is 3.66. The van der Waals surface area contributed by atoms with Crippen molar-refractivity contribution in [2.24, 2.45) is 0 Å². The van der Waals surface area contributed by atoms with E-state index in [1.54, 1.807) is 0 Å². The van der Waals surface area contributed by atoms with E-state index in [1.807, 2.05) is 0 Å². The Morgan fingerprint density at radius 1 is 1.25 bits per heavy atom. The summed E-state index contributed by atoms with van der Waals surface area (Å²) in [6.07, 6.45) is 8.26. The van der Waals surface area contributed by atoms with Gasteiger partial charge in [0.2, 0.25) is 0 Å². The Hall–Kier alpha value is -1.46. The van der Waals surface area contributed by atoms with E-state index < -0.39 is 5.09 Å². The van der Waals surface area contributed by atoms with Crippen molar-refractivity contribution in [3.8, 4) is 0 Å². The molecule has 0 atom stereocenters. The summed E-state index contributed by atoms with van der Waals surface area (Å²) >= 11 is 0. The van der Waals surface area contributed by atoms with Crippen LogP contribution < -0.4 is 0 Å². The van der Waals surface area contributed by atoms with E-state index in [0.29, 0.717) is 0 Å². The van der Waals surface area contributed by atoms with Crippen LogP contribution in [0.5, 0.6) is 0 Å². The van der Waals surface area contributed by atoms with Crippen LogP contribution in [0.4, 0.5) is 0 Å². The van der Waals surface area contributed by atoms with Crippen molar-refractivity contribution in [3.05, 3.63) is 22.5 Å². The predicted molar refractivity (Wildman–Crippen MR) is 61.4 cm³/mol. The average Bonchev–Trinajstić information content (AvgIpc) is 2.62. The summed E-state index contributed by atoms with van der Waals surface area (Å²) in [7, 11) is 0. The van der Waals surface area contributed by atoms with Crippen molar-refractivity contribution >= 4 is 0 Å². The topological polar surface area (TPSA) is 69.9 Å². The highest BCUT2D eigenvalue weighted by Crippen LogP contribution is 2.07. The van der Waals surface area contributed by atoms with Gasteiger partial charge in [0.15, 0.2) is 0 Å². The van der Waals surface area contributed by atoms with Gasteiger partial charge in [-0.25, -0.2) is 0 Å². The van der Waals surface area contributed by atoms with Gasteiger partial charge in [-0.15, -0.1) is 10.1 Å². The zero-order chi connectivity index (χ0) is 12.4. The van der Waals surface area contributed by atoms with Crippen LogP contribution in [0.15, 0.2) is 12.4 Å². The lowest BCUT2D eigenvalue weighted by Gasteiger charge is -2.20. The molecule has 1 aliphatic heterocycles. The fourth-order valence-corrected chi connectivity index (χ4v) is 1.46. The molecule has 0 saturated carbocycles. The third kappa shape index (κ3) is 7.90. The van der Waals surface area contributed by atoms with E-state index in [-0.39, 0.29) is 0 Å². The van der Waals surface area contributed by atoms with Crippen LogP contribution in [-0.2, 0) is 0 Å². The highest BCUT2D eigenvalue weighted by atomic mass is 16.9. The van der Waals surface area contributed by atoms with Gasteiger partial charge in [-0.2, -0.15) is 0 Å². The summed E-state index contributed by atoms with van der Waals surface area (Å²) in [5.41, 5.74) is 0. The minimum atomic E-state index is -1.50. The standard InChI is InChI=1S/C10H20N2.HNO3/c1-3-5-7-12-9-8-11(10-12)6-4-2;2-1(3)4/h8-9H,3-7,10H2,1-2H3;(H,2,3,4). The maximum Gasteiger partial charge on any atom is 0.291 e. The molecule has 1 heterocycles. The maximum atomic E-state index is 8.36. The Bertz CT molecular complexity index is 217. The van der Waals surface area contributed by atoms with Gasteiger partial charge in [-0.05, 0) is 12.8 Å². The number of hydrogen-bond acceptors (Lipinski definition) is 4. The molecule has 0 fully saturated rings. The van der Waals surface area contributed by atoms with Gasteiger partial charge >= 0.3 is 0 Å². The largest absolute Gasteiger partial charge is 0.359 e. The van der Waals surface area contributed by atoms with Gasteiger partial charge in [0.05, 0.1) is 6.67 Å². The quantitative estimate of drug-likeness (QED) is 0.578. The molecule has 0 aromatic carbocycles. The van der Waals surface area contributed by atoms with E-state index in [2.05, 4.69) is 36.0 Å². The van der Waals surface area contributed by atoms with E-state index in [4.69, 9.17) is 15.3 Å². The van der Waals surface area contributed by atoms with Crippen LogP contribution in [0.25, 0.3) is 0 Å². The van der Waals surface area contributed by atoms with E-state index in [1.165, 1.54) is 32.4 Å². The lowest BCUT2D eigenvalue weighted by Crippen LogP contribution is -2.26. The molecule has 0 bridgehead atoms. The first-order chi connectivity index (χ1) is 7.60. The van der Waals surface area contributed by atoms with Crippen molar-refractivity contribution in [2.75, 3.05) is 19.8 Å². The highest BCUT2D eigenvalue weighted by Gasteiger charge is 2.09. The van der Waals surface area contributed by atoms with Gasteiger partial charge in [-0.1, -0.05) is 20.3 Å². The van der Waals surface area contributed by atoms with Crippen molar-refractivity contribution in [1.82, 2.24) is 9.80 Å². The SMILES string of the molecule is CCCCN1C=CN(CCC)C1.O=[N+]([O-])O. The van der Waals surface area contributed by atoms with Crippen LogP contribution in [0, 0.1) is 10.1 Å². The van der Waals surface area contributed by atoms with Gasteiger partial charge in [0.1, 0.15) is 0 Å². The Kier molecular flexibility index (Phi) is 8.01. The molecule has 0 radical (unpaired) electrons. The first-order valence-corrected chi connectivity index (χ1v) is 5.59. The predicted octanol–water partition coefficient (Wildman–Crippen LogP) is 1.90. The third-order valence-corrected chi connectivity index (χ3v) is 2.16. The normalized spacial score (nSPS) is 13.6. The van der Waals surface area contributed by atoms with Crippen LogP contribution in [0.2, 0.25) is 0 Å². The Labute approximate surface area is 96.3 Å². The van der Waals surface area contributed by atoms with E-state index in [9.17, 15) is 0 Å². The second kappa shape index (κ2) is 8.82. The molecule has 0 aromatic rings. The Morgan fingerprint density at radius 2 is 1.75 bits per heavy atom. The van der Waals surface area contributed by atoms with Crippen molar-refractivity contribution < 1.29 is 10.3 Å². The number of unbranched alkanes of at least 4 members (excludes halogenated alkanes) is 1. The number of hydrogen-bond donors (Lipinski definition) is 1. The molecule has 0 saturated heterocycles. The molecule has 0 amide bonds. The Balaban J connectivity index is 0.000000487. The lowest BCUT2D eigenvalue weighted by molar-refractivity contribution is -0.742. The summed E-state index contributed by atoms with van der Waals surface area (Å²) in [6.45, 7) is 7.98. The summed E-state index contributed by atoms with van der Waals surface area (Å²) in [6, 6.07) is 0. The average molecular weight is 231 g/mol. The number of rotatable bonds is 5. The summed E-state index contributed by atoms with van der Waals surface area (Å²) in [5.74, 6) is 0. The molecule has 1 aliphatic rings. The molecule has 0 aliphatic carbocycles. The molecule has 1 N–H and O–H groups in total. The monoisotopic (exact) mass is 231 g/mol. The van der Waals surface area contributed by atoms with Gasteiger partial charge in [-0.3, -0.25) is 0 Å². The molecule has 16 heavy (non-hydrogen) atoms. The van der Waals surface area contributed by atoms with Crippen LogP contribution in [-0.4, -0.2) is 39.9 Å². The first kappa shape index (κ1) is 14.5. The molecular weight excluding hydrogens is 210 g/mol. The molecule has 94 valence electrons. The molecular formula is C10H21N3O3. The minimum absolute atomic E-state index is 1.10. The van der Waals surface area contributed by atoms with Crippen LogP contribution >= 0.6 is 0 Å².